The molecule has 0 bridgehead atoms. The van der Waals surface area contributed by atoms with Gasteiger partial charge in [0.1, 0.15) is 0 Å². The van der Waals surface area contributed by atoms with Crippen LogP contribution in [0.4, 0.5) is 0 Å². The van der Waals surface area contributed by atoms with Crippen LogP contribution < -0.4 is 0 Å². The van der Waals surface area contributed by atoms with Gasteiger partial charge in [0, 0.05) is 0 Å². The van der Waals surface area contributed by atoms with Crippen molar-refractivity contribution in [3.63, 3.8) is 0 Å². The van der Waals surface area contributed by atoms with Gasteiger partial charge in [0.15, 0.2) is 0 Å². The fraction of sp³-hybridized carbons (Fsp3) is 0.333. The van der Waals surface area contributed by atoms with Crippen LogP contribution in [0.1, 0.15) is 38.9 Å². The molecular formula is C18H22. The molecule has 0 heteroatoms. The molecule has 0 nitrogen and oxygen atoms in total. The molecule has 0 saturated carbocycles. The first-order valence-corrected chi connectivity index (χ1v) is 6.61. The van der Waals surface area contributed by atoms with Gasteiger partial charge in [-0.1, -0.05) is 30.3 Å². The smallest absolute Gasteiger partial charge is 0.00229 e. The van der Waals surface area contributed by atoms with Crippen LogP contribution in [-0.2, 0) is 6.42 Å². The summed E-state index contributed by atoms with van der Waals surface area (Å²) in [6.07, 6.45) is 1.04. The maximum atomic E-state index is 2.31. The summed E-state index contributed by atoms with van der Waals surface area (Å²) in [5, 5.41) is 0. The quantitative estimate of drug-likeness (QED) is 0.703. The minimum atomic E-state index is 1.04. The zero-order chi connectivity index (χ0) is 13.3. The summed E-state index contributed by atoms with van der Waals surface area (Å²) >= 11 is 0. The lowest BCUT2D eigenvalue weighted by atomic mass is 9.93. The van der Waals surface area contributed by atoms with Gasteiger partial charge in [0.05, 0.1) is 0 Å². The Morgan fingerprint density at radius 1 is 0.667 bits per heavy atom. The van der Waals surface area contributed by atoms with E-state index in [1.54, 1.807) is 0 Å². The normalized spacial score (nSPS) is 10.7. The number of hydrogen-bond acceptors (Lipinski definition) is 0. The summed E-state index contributed by atoms with van der Waals surface area (Å²) < 4.78 is 0. The number of benzene rings is 2. The molecule has 2 aromatic rings. The summed E-state index contributed by atoms with van der Waals surface area (Å²) in [5.74, 6) is 0. The van der Waals surface area contributed by atoms with Gasteiger partial charge in [-0.25, -0.2) is 0 Å². The molecule has 0 radical (unpaired) electrons. The summed E-state index contributed by atoms with van der Waals surface area (Å²) in [7, 11) is 0. The first-order chi connectivity index (χ1) is 8.49. The second kappa shape index (κ2) is 4.97. The van der Waals surface area contributed by atoms with Crippen molar-refractivity contribution in [2.45, 2.75) is 41.0 Å². The van der Waals surface area contributed by atoms with Crippen LogP contribution in [0, 0.1) is 34.6 Å². The van der Waals surface area contributed by atoms with Crippen molar-refractivity contribution in [3.05, 3.63) is 69.3 Å². The molecule has 0 atom stereocenters. The Morgan fingerprint density at radius 2 is 1.33 bits per heavy atom. The van der Waals surface area contributed by atoms with E-state index in [2.05, 4.69) is 65.0 Å². The van der Waals surface area contributed by atoms with Crippen LogP contribution >= 0.6 is 0 Å². The molecule has 0 unspecified atom stereocenters. The van der Waals surface area contributed by atoms with Crippen molar-refractivity contribution in [2.75, 3.05) is 0 Å². The molecule has 0 aromatic heterocycles. The Balaban J connectivity index is 2.34. The van der Waals surface area contributed by atoms with Gasteiger partial charge < -0.3 is 0 Å². The molecule has 2 aromatic carbocycles. The van der Waals surface area contributed by atoms with Gasteiger partial charge in [0.25, 0.3) is 0 Å². The predicted octanol–water partition coefficient (Wildman–Crippen LogP) is 4.82. The summed E-state index contributed by atoms with van der Waals surface area (Å²) in [5.41, 5.74) is 9.86. The maximum Gasteiger partial charge on any atom is -0.00229 e. The standard InChI is InChI=1S/C18H22/c1-12-6-8-17(10-14(12)3)11-18-9-7-13(2)15(4)16(18)5/h6-10H,11H2,1-5H3. The van der Waals surface area contributed by atoms with Crippen LogP contribution in [0.15, 0.2) is 30.3 Å². The fourth-order valence-corrected chi connectivity index (χ4v) is 2.34. The molecule has 0 aliphatic rings. The topological polar surface area (TPSA) is 0 Å². The molecular weight excluding hydrogens is 216 g/mol. The average Bonchev–Trinajstić information content (AvgIpc) is 2.34. The molecule has 2 rings (SSSR count). The van der Waals surface area contributed by atoms with E-state index in [4.69, 9.17) is 0 Å². The lowest BCUT2D eigenvalue weighted by Crippen LogP contribution is -1.97. The van der Waals surface area contributed by atoms with Crippen molar-refractivity contribution >= 4 is 0 Å². The van der Waals surface area contributed by atoms with E-state index in [0.29, 0.717) is 0 Å². The highest BCUT2D eigenvalue weighted by atomic mass is 14.1. The molecule has 0 aliphatic carbocycles. The van der Waals surface area contributed by atoms with E-state index >= 15 is 0 Å². The Hall–Kier alpha value is -1.56. The van der Waals surface area contributed by atoms with E-state index in [1.165, 1.54) is 38.9 Å². The zero-order valence-corrected chi connectivity index (χ0v) is 12.1. The largest absolute Gasteiger partial charge is 0.0588 e. The van der Waals surface area contributed by atoms with Crippen molar-refractivity contribution < 1.29 is 0 Å². The van der Waals surface area contributed by atoms with Crippen LogP contribution in [0.5, 0.6) is 0 Å². The molecule has 0 heterocycles. The second-order valence-electron chi connectivity index (χ2n) is 5.39. The highest BCUT2D eigenvalue weighted by Gasteiger charge is 2.05. The van der Waals surface area contributed by atoms with E-state index in [9.17, 15) is 0 Å². The van der Waals surface area contributed by atoms with Crippen LogP contribution in [0.3, 0.4) is 0 Å². The Labute approximate surface area is 111 Å². The lowest BCUT2D eigenvalue weighted by molar-refractivity contribution is 1.11. The van der Waals surface area contributed by atoms with Crippen LogP contribution in [0.2, 0.25) is 0 Å². The van der Waals surface area contributed by atoms with E-state index in [0.717, 1.165) is 6.42 Å². The van der Waals surface area contributed by atoms with Gasteiger partial charge in [-0.15, -0.1) is 0 Å². The number of aryl methyl sites for hydroxylation is 3. The highest BCUT2D eigenvalue weighted by Crippen LogP contribution is 2.21. The third-order valence-corrected chi connectivity index (χ3v) is 4.14. The molecule has 0 aliphatic heterocycles. The minimum Gasteiger partial charge on any atom is -0.0588 e. The second-order valence-corrected chi connectivity index (χ2v) is 5.39. The third-order valence-electron chi connectivity index (χ3n) is 4.14. The lowest BCUT2D eigenvalue weighted by Gasteiger charge is -2.12. The van der Waals surface area contributed by atoms with E-state index < -0.39 is 0 Å². The van der Waals surface area contributed by atoms with E-state index in [-0.39, 0.29) is 0 Å². The van der Waals surface area contributed by atoms with Crippen LogP contribution in [-0.4, -0.2) is 0 Å². The predicted molar refractivity (Wildman–Crippen MR) is 79.4 cm³/mol. The van der Waals surface area contributed by atoms with Gasteiger partial charge >= 0.3 is 0 Å². The van der Waals surface area contributed by atoms with Crippen molar-refractivity contribution in [1.82, 2.24) is 0 Å². The van der Waals surface area contributed by atoms with Crippen LogP contribution in [0.25, 0.3) is 0 Å². The minimum absolute atomic E-state index is 1.04. The van der Waals surface area contributed by atoms with Crippen molar-refractivity contribution in [3.8, 4) is 0 Å². The summed E-state index contributed by atoms with van der Waals surface area (Å²) in [6.45, 7) is 11.0. The van der Waals surface area contributed by atoms with Crippen molar-refractivity contribution in [2.24, 2.45) is 0 Å². The van der Waals surface area contributed by atoms with Gasteiger partial charge in [-0.3, -0.25) is 0 Å². The number of hydrogen-bond donors (Lipinski definition) is 0. The monoisotopic (exact) mass is 238 g/mol. The molecule has 0 fully saturated rings. The van der Waals surface area contributed by atoms with Gasteiger partial charge in [-0.05, 0) is 80.0 Å². The molecule has 94 valence electrons. The summed E-state index contributed by atoms with van der Waals surface area (Å²) in [4.78, 5) is 0. The van der Waals surface area contributed by atoms with E-state index in [1.807, 2.05) is 0 Å². The maximum absolute atomic E-state index is 2.31. The average molecular weight is 238 g/mol. The molecule has 0 N–H and O–H groups in total. The third kappa shape index (κ3) is 2.48. The Bertz CT molecular complexity index is 577. The molecule has 18 heavy (non-hydrogen) atoms. The Morgan fingerprint density at radius 3 is 2.00 bits per heavy atom. The zero-order valence-electron chi connectivity index (χ0n) is 12.1. The fourth-order valence-electron chi connectivity index (χ4n) is 2.34. The molecule has 0 saturated heterocycles. The number of rotatable bonds is 2. The summed E-state index contributed by atoms with van der Waals surface area (Å²) in [6, 6.07) is 11.3. The SMILES string of the molecule is Cc1ccc(Cc2ccc(C)c(C)c2C)cc1C. The van der Waals surface area contributed by atoms with Gasteiger partial charge in [-0.2, -0.15) is 0 Å². The van der Waals surface area contributed by atoms with Crippen molar-refractivity contribution in [1.29, 1.82) is 0 Å². The Kier molecular flexibility index (Phi) is 3.56. The molecule has 0 amide bonds. The highest BCUT2D eigenvalue weighted by molar-refractivity contribution is 5.42. The first kappa shape index (κ1) is 12.9. The van der Waals surface area contributed by atoms with Gasteiger partial charge in [0.2, 0.25) is 0 Å². The molecule has 0 spiro atoms. The first-order valence-electron chi connectivity index (χ1n) is 6.61.